The Kier molecular flexibility index (Phi) is 5.43. The molecule has 1 heterocycles. The van der Waals surface area contributed by atoms with Crippen LogP contribution in [0.3, 0.4) is 0 Å². The van der Waals surface area contributed by atoms with Crippen molar-refractivity contribution < 1.29 is 9.53 Å². The zero-order valence-electron chi connectivity index (χ0n) is 14.8. The summed E-state index contributed by atoms with van der Waals surface area (Å²) in [6, 6.07) is 14.3. The number of methoxy groups -OCH3 is 1. The second-order valence-electron chi connectivity index (χ2n) is 6.35. The molecular formula is C20H25N3O2. The van der Waals surface area contributed by atoms with E-state index in [-0.39, 0.29) is 12.1 Å². The van der Waals surface area contributed by atoms with Crippen LogP contribution in [0.1, 0.15) is 23.1 Å². The van der Waals surface area contributed by atoms with Gasteiger partial charge in [0.15, 0.2) is 0 Å². The lowest BCUT2D eigenvalue weighted by Crippen LogP contribution is -2.43. The Labute approximate surface area is 148 Å². The molecule has 3 N–H and O–H groups in total. The van der Waals surface area contributed by atoms with Gasteiger partial charge in [-0.25, -0.2) is 4.79 Å². The zero-order valence-corrected chi connectivity index (χ0v) is 14.8. The molecule has 3 rings (SSSR count). The Balaban J connectivity index is 1.46. The van der Waals surface area contributed by atoms with Crippen LogP contribution in [0.2, 0.25) is 0 Å². The molecule has 0 bridgehead atoms. The third-order valence-electron chi connectivity index (χ3n) is 4.70. The van der Waals surface area contributed by atoms with Crippen LogP contribution in [0.25, 0.3) is 0 Å². The highest BCUT2D eigenvalue weighted by Gasteiger charge is 2.17. The minimum Gasteiger partial charge on any atom is -0.496 e. The van der Waals surface area contributed by atoms with Gasteiger partial charge in [0.25, 0.3) is 0 Å². The molecule has 2 aromatic carbocycles. The number of ether oxygens (including phenoxy) is 1. The molecule has 0 spiro atoms. The maximum Gasteiger partial charge on any atom is 0.315 e. The van der Waals surface area contributed by atoms with Crippen molar-refractivity contribution in [3.05, 3.63) is 59.2 Å². The first-order valence-electron chi connectivity index (χ1n) is 8.66. The number of urea groups is 1. The number of hydrogen-bond donors (Lipinski definition) is 3. The Bertz CT molecular complexity index is 745. The average Bonchev–Trinajstić information content (AvgIpc) is 2.65. The first kappa shape index (κ1) is 17.1. The predicted molar refractivity (Wildman–Crippen MR) is 100 cm³/mol. The Morgan fingerprint density at radius 3 is 2.88 bits per heavy atom. The molecule has 0 aliphatic carbocycles. The van der Waals surface area contributed by atoms with Crippen LogP contribution in [0.4, 0.5) is 10.5 Å². The number of rotatable bonds is 5. The number of fused-ring (bicyclic) bond motifs is 1. The molecule has 0 fully saturated rings. The summed E-state index contributed by atoms with van der Waals surface area (Å²) in [5, 5.41) is 9.37. The number of amides is 2. The van der Waals surface area contributed by atoms with Crippen LogP contribution in [-0.2, 0) is 13.0 Å². The van der Waals surface area contributed by atoms with Crippen LogP contribution in [-0.4, -0.2) is 25.7 Å². The number of nitrogens with one attached hydrogen (secondary N) is 3. The largest absolute Gasteiger partial charge is 0.496 e. The van der Waals surface area contributed by atoms with Gasteiger partial charge in [-0.05, 0) is 48.6 Å². The average molecular weight is 339 g/mol. The van der Waals surface area contributed by atoms with Gasteiger partial charge in [-0.15, -0.1) is 0 Å². The van der Waals surface area contributed by atoms with E-state index in [0.29, 0.717) is 13.1 Å². The second-order valence-corrected chi connectivity index (χ2v) is 6.35. The maximum atomic E-state index is 12.1. The molecule has 1 atom stereocenters. The molecule has 25 heavy (non-hydrogen) atoms. The third kappa shape index (κ3) is 4.24. The Morgan fingerprint density at radius 1 is 1.20 bits per heavy atom. The molecule has 5 heteroatoms. The Hall–Kier alpha value is -2.69. The normalized spacial score (nSPS) is 15.7. The van der Waals surface area contributed by atoms with Gasteiger partial charge < -0.3 is 20.7 Å². The van der Waals surface area contributed by atoms with Crippen LogP contribution in [0.15, 0.2) is 42.5 Å². The summed E-state index contributed by atoms with van der Waals surface area (Å²) in [4.78, 5) is 12.1. The van der Waals surface area contributed by atoms with Crippen molar-refractivity contribution in [2.24, 2.45) is 0 Å². The fourth-order valence-corrected chi connectivity index (χ4v) is 3.18. The van der Waals surface area contributed by atoms with Crippen molar-refractivity contribution in [1.82, 2.24) is 10.6 Å². The lowest BCUT2D eigenvalue weighted by molar-refractivity contribution is 0.240. The van der Waals surface area contributed by atoms with Gasteiger partial charge in [0.05, 0.1) is 7.11 Å². The fraction of sp³-hybridized carbons (Fsp3) is 0.350. The standard InChI is InChI=1S/C20H25N3O2/c1-14-16(7-5-9-19(14)25-2)12-21-20(24)22-13-17-11-10-15-6-3-4-8-18(15)23-17/h3-9,17,23H,10-13H2,1-2H3,(H2,21,22,24). The van der Waals surface area contributed by atoms with E-state index in [0.717, 1.165) is 29.7 Å². The van der Waals surface area contributed by atoms with Crippen molar-refractivity contribution in [1.29, 1.82) is 0 Å². The SMILES string of the molecule is COc1cccc(CNC(=O)NCC2CCc3ccccc3N2)c1C. The first-order chi connectivity index (χ1) is 12.2. The van der Waals surface area contributed by atoms with Gasteiger partial charge in [-0.3, -0.25) is 0 Å². The van der Waals surface area contributed by atoms with Crippen molar-refractivity contribution in [2.75, 3.05) is 19.0 Å². The van der Waals surface area contributed by atoms with E-state index >= 15 is 0 Å². The molecular weight excluding hydrogens is 314 g/mol. The van der Waals surface area contributed by atoms with Crippen molar-refractivity contribution in [3.8, 4) is 5.75 Å². The highest BCUT2D eigenvalue weighted by molar-refractivity contribution is 5.74. The lowest BCUT2D eigenvalue weighted by Gasteiger charge is -2.27. The van der Waals surface area contributed by atoms with E-state index in [1.54, 1.807) is 7.11 Å². The molecule has 1 aliphatic rings. The van der Waals surface area contributed by atoms with Gasteiger partial charge in [-0.2, -0.15) is 0 Å². The highest BCUT2D eigenvalue weighted by Crippen LogP contribution is 2.24. The van der Waals surface area contributed by atoms with Crippen LogP contribution >= 0.6 is 0 Å². The molecule has 1 unspecified atom stereocenters. The molecule has 1 aliphatic heterocycles. The number of benzene rings is 2. The molecule has 2 aromatic rings. The summed E-state index contributed by atoms with van der Waals surface area (Å²) in [5.41, 5.74) is 4.62. The summed E-state index contributed by atoms with van der Waals surface area (Å²) in [6.07, 6.45) is 2.06. The molecule has 0 saturated heterocycles. The number of hydrogen-bond acceptors (Lipinski definition) is 3. The van der Waals surface area contributed by atoms with Crippen molar-refractivity contribution >= 4 is 11.7 Å². The van der Waals surface area contributed by atoms with E-state index in [1.165, 1.54) is 11.3 Å². The number of para-hydroxylation sites is 1. The number of anilines is 1. The molecule has 0 saturated carbocycles. The zero-order chi connectivity index (χ0) is 17.6. The van der Waals surface area contributed by atoms with E-state index in [1.807, 2.05) is 31.2 Å². The van der Waals surface area contributed by atoms with Gasteiger partial charge in [-0.1, -0.05) is 30.3 Å². The smallest absolute Gasteiger partial charge is 0.315 e. The monoisotopic (exact) mass is 339 g/mol. The summed E-state index contributed by atoms with van der Waals surface area (Å²) in [7, 11) is 1.65. The van der Waals surface area contributed by atoms with E-state index in [4.69, 9.17) is 4.74 Å². The van der Waals surface area contributed by atoms with Gasteiger partial charge in [0, 0.05) is 24.8 Å². The number of aryl methyl sites for hydroxylation is 1. The topological polar surface area (TPSA) is 62.4 Å². The highest BCUT2D eigenvalue weighted by atomic mass is 16.5. The molecule has 5 nitrogen and oxygen atoms in total. The molecule has 0 radical (unpaired) electrons. The quantitative estimate of drug-likeness (QED) is 0.784. The van der Waals surface area contributed by atoms with Crippen LogP contribution in [0, 0.1) is 6.92 Å². The summed E-state index contributed by atoms with van der Waals surface area (Å²) >= 11 is 0. The second kappa shape index (κ2) is 7.92. The predicted octanol–water partition coefficient (Wildman–Crippen LogP) is 3.23. The van der Waals surface area contributed by atoms with Gasteiger partial charge >= 0.3 is 6.03 Å². The van der Waals surface area contributed by atoms with E-state index in [2.05, 4.69) is 34.1 Å². The van der Waals surface area contributed by atoms with Crippen molar-refractivity contribution in [2.45, 2.75) is 32.4 Å². The summed E-state index contributed by atoms with van der Waals surface area (Å²) in [6.45, 7) is 3.09. The maximum absolute atomic E-state index is 12.1. The Morgan fingerprint density at radius 2 is 2.04 bits per heavy atom. The lowest BCUT2D eigenvalue weighted by atomic mass is 9.98. The minimum atomic E-state index is -0.150. The van der Waals surface area contributed by atoms with E-state index < -0.39 is 0 Å². The van der Waals surface area contributed by atoms with Gasteiger partial charge in [0.1, 0.15) is 5.75 Å². The number of carbonyl (C=O) groups excluding carboxylic acids is 1. The fourth-order valence-electron chi connectivity index (χ4n) is 3.18. The first-order valence-corrected chi connectivity index (χ1v) is 8.66. The van der Waals surface area contributed by atoms with Crippen LogP contribution in [0.5, 0.6) is 5.75 Å². The number of carbonyl (C=O) groups is 1. The molecule has 2 amide bonds. The summed E-state index contributed by atoms with van der Waals surface area (Å²) in [5.74, 6) is 0.838. The summed E-state index contributed by atoms with van der Waals surface area (Å²) < 4.78 is 5.31. The molecule has 0 aromatic heterocycles. The van der Waals surface area contributed by atoms with Crippen molar-refractivity contribution in [3.63, 3.8) is 0 Å². The third-order valence-corrected chi connectivity index (χ3v) is 4.70. The minimum absolute atomic E-state index is 0.150. The molecule has 132 valence electrons. The van der Waals surface area contributed by atoms with E-state index in [9.17, 15) is 4.79 Å². The van der Waals surface area contributed by atoms with Gasteiger partial charge in [0.2, 0.25) is 0 Å². The van der Waals surface area contributed by atoms with Crippen LogP contribution < -0.4 is 20.7 Å².